The molecule has 19 heavy (non-hydrogen) atoms. The lowest BCUT2D eigenvalue weighted by Crippen LogP contribution is -2.30. The average molecular weight is 259 g/mol. The molecule has 1 aromatic rings. The van der Waals surface area contributed by atoms with Gasteiger partial charge in [-0.3, -0.25) is 14.5 Å². The van der Waals surface area contributed by atoms with Gasteiger partial charge in [-0.05, 0) is 25.0 Å². The Hall–Kier alpha value is -2.43. The number of hydrogen-bond acceptors (Lipinski definition) is 3. The predicted molar refractivity (Wildman–Crippen MR) is 67.8 cm³/mol. The van der Waals surface area contributed by atoms with Crippen LogP contribution in [0.1, 0.15) is 33.6 Å². The molecule has 1 N–H and O–H groups in total. The van der Waals surface area contributed by atoms with E-state index in [0.717, 1.165) is 6.08 Å². The van der Waals surface area contributed by atoms with Crippen LogP contribution < -0.4 is 0 Å². The lowest BCUT2D eigenvalue weighted by Gasteiger charge is -2.12. The minimum atomic E-state index is -0.999. The second-order valence-corrected chi connectivity index (χ2v) is 4.19. The van der Waals surface area contributed by atoms with E-state index in [-0.39, 0.29) is 11.8 Å². The molecule has 0 bridgehead atoms. The SMILES string of the molecule is O=C(O)/C=C/CCCN1C(=O)c2ccccc2C1=O. The minimum Gasteiger partial charge on any atom is -0.478 e. The number of carboxylic acid groups (broad SMARTS) is 1. The van der Waals surface area contributed by atoms with E-state index in [1.54, 1.807) is 24.3 Å². The van der Waals surface area contributed by atoms with Crippen LogP contribution in [-0.2, 0) is 4.79 Å². The Bertz CT molecular complexity index is 527. The minimum absolute atomic E-state index is 0.275. The third-order valence-electron chi connectivity index (χ3n) is 2.89. The zero-order valence-corrected chi connectivity index (χ0v) is 10.2. The Labute approximate surface area is 110 Å². The van der Waals surface area contributed by atoms with Crippen LogP contribution in [0.25, 0.3) is 0 Å². The summed E-state index contributed by atoms with van der Waals surface area (Å²) in [4.78, 5) is 35.4. The van der Waals surface area contributed by atoms with Crippen molar-refractivity contribution in [1.82, 2.24) is 4.90 Å². The number of carbonyl (C=O) groups is 3. The van der Waals surface area contributed by atoms with Gasteiger partial charge in [0.15, 0.2) is 0 Å². The zero-order valence-electron chi connectivity index (χ0n) is 10.2. The summed E-state index contributed by atoms with van der Waals surface area (Å²) in [6.45, 7) is 0.302. The number of benzene rings is 1. The first-order valence-electron chi connectivity index (χ1n) is 5.96. The number of hydrogen-bond donors (Lipinski definition) is 1. The molecule has 5 nitrogen and oxygen atoms in total. The maximum Gasteiger partial charge on any atom is 0.327 e. The molecule has 0 saturated heterocycles. The highest BCUT2D eigenvalue weighted by Gasteiger charge is 2.34. The van der Waals surface area contributed by atoms with Gasteiger partial charge >= 0.3 is 5.97 Å². The number of fused-ring (bicyclic) bond motifs is 1. The molecule has 0 radical (unpaired) electrons. The van der Waals surface area contributed by atoms with E-state index in [4.69, 9.17) is 5.11 Å². The van der Waals surface area contributed by atoms with Crippen LogP contribution in [0.15, 0.2) is 36.4 Å². The first kappa shape index (κ1) is 13.0. The first-order valence-corrected chi connectivity index (χ1v) is 5.96. The molecule has 1 aromatic carbocycles. The smallest absolute Gasteiger partial charge is 0.327 e. The number of aliphatic carboxylic acids is 1. The molecule has 0 aliphatic carbocycles. The monoisotopic (exact) mass is 259 g/mol. The summed E-state index contributed by atoms with van der Waals surface area (Å²) in [5, 5.41) is 8.42. The average Bonchev–Trinajstić information content (AvgIpc) is 2.63. The molecule has 0 spiro atoms. The van der Waals surface area contributed by atoms with Crippen molar-refractivity contribution in [2.45, 2.75) is 12.8 Å². The number of unbranched alkanes of at least 4 members (excludes halogenated alkanes) is 1. The molecule has 5 heteroatoms. The van der Waals surface area contributed by atoms with Gasteiger partial charge < -0.3 is 5.11 Å². The van der Waals surface area contributed by atoms with Crippen LogP contribution in [0.5, 0.6) is 0 Å². The van der Waals surface area contributed by atoms with Gasteiger partial charge in [-0.2, -0.15) is 0 Å². The van der Waals surface area contributed by atoms with E-state index < -0.39 is 5.97 Å². The highest BCUT2D eigenvalue weighted by atomic mass is 16.4. The second-order valence-electron chi connectivity index (χ2n) is 4.19. The van der Waals surface area contributed by atoms with Gasteiger partial charge in [-0.1, -0.05) is 18.2 Å². The number of carbonyl (C=O) groups excluding carboxylic acids is 2. The van der Waals surface area contributed by atoms with Crippen LogP contribution >= 0.6 is 0 Å². The summed E-state index contributed by atoms with van der Waals surface area (Å²) in [5.41, 5.74) is 0.877. The van der Waals surface area contributed by atoms with Crippen LogP contribution in [0.4, 0.5) is 0 Å². The fourth-order valence-corrected chi connectivity index (χ4v) is 1.99. The maximum atomic E-state index is 12.0. The molecule has 0 atom stereocenters. The van der Waals surface area contributed by atoms with E-state index in [0.29, 0.717) is 30.5 Å². The number of amides is 2. The highest BCUT2D eigenvalue weighted by molar-refractivity contribution is 6.21. The number of carboxylic acids is 1. The zero-order chi connectivity index (χ0) is 13.8. The standard InChI is InChI=1S/C14H13NO4/c16-12(17)8-2-1-5-9-15-13(18)10-6-3-4-7-11(10)14(15)19/h2-4,6-8H,1,5,9H2,(H,16,17)/b8-2+. The van der Waals surface area contributed by atoms with Crippen molar-refractivity contribution in [1.29, 1.82) is 0 Å². The Morgan fingerprint density at radius 2 is 1.74 bits per heavy atom. The number of imide groups is 1. The van der Waals surface area contributed by atoms with Crippen molar-refractivity contribution < 1.29 is 19.5 Å². The van der Waals surface area contributed by atoms with Gasteiger partial charge in [0.1, 0.15) is 0 Å². The summed E-state index contributed by atoms with van der Waals surface area (Å²) >= 11 is 0. The predicted octanol–water partition coefficient (Wildman–Crippen LogP) is 1.70. The topological polar surface area (TPSA) is 74.7 Å². The normalized spacial score (nSPS) is 14.2. The molecule has 1 aliphatic rings. The summed E-state index contributed by atoms with van der Waals surface area (Å²) in [5.74, 6) is -1.55. The molecule has 0 saturated carbocycles. The Balaban J connectivity index is 1.95. The highest BCUT2D eigenvalue weighted by Crippen LogP contribution is 2.22. The Morgan fingerprint density at radius 3 is 2.26 bits per heavy atom. The molecule has 1 aliphatic heterocycles. The third kappa shape index (κ3) is 2.70. The quantitative estimate of drug-likeness (QED) is 0.496. The largest absolute Gasteiger partial charge is 0.478 e. The van der Waals surface area contributed by atoms with Gasteiger partial charge in [0.25, 0.3) is 11.8 Å². The van der Waals surface area contributed by atoms with E-state index in [9.17, 15) is 14.4 Å². The summed E-state index contributed by atoms with van der Waals surface area (Å²) in [7, 11) is 0. The molecule has 98 valence electrons. The van der Waals surface area contributed by atoms with Gasteiger partial charge in [-0.15, -0.1) is 0 Å². The summed E-state index contributed by atoms with van der Waals surface area (Å²) in [6.07, 6.45) is 3.64. The van der Waals surface area contributed by atoms with Crippen LogP contribution in [0.3, 0.4) is 0 Å². The number of nitrogens with zero attached hydrogens (tertiary/aromatic N) is 1. The van der Waals surface area contributed by atoms with E-state index in [2.05, 4.69) is 0 Å². The van der Waals surface area contributed by atoms with Crippen LogP contribution in [-0.4, -0.2) is 34.3 Å². The van der Waals surface area contributed by atoms with Crippen molar-refractivity contribution in [2.24, 2.45) is 0 Å². The van der Waals surface area contributed by atoms with Crippen LogP contribution in [0.2, 0.25) is 0 Å². The van der Waals surface area contributed by atoms with Crippen molar-refractivity contribution in [3.63, 3.8) is 0 Å². The molecule has 0 unspecified atom stereocenters. The molecule has 0 fully saturated rings. The van der Waals surface area contributed by atoms with Crippen molar-refractivity contribution in [3.05, 3.63) is 47.5 Å². The molecular formula is C14H13NO4. The second kappa shape index (κ2) is 5.48. The lowest BCUT2D eigenvalue weighted by molar-refractivity contribution is -0.131. The Morgan fingerprint density at radius 1 is 1.16 bits per heavy atom. The number of rotatable bonds is 5. The van der Waals surface area contributed by atoms with Crippen molar-refractivity contribution in [3.8, 4) is 0 Å². The molecule has 2 rings (SSSR count). The molecular weight excluding hydrogens is 246 g/mol. The van der Waals surface area contributed by atoms with Crippen LogP contribution in [0, 0.1) is 0 Å². The van der Waals surface area contributed by atoms with Gasteiger partial charge in [0, 0.05) is 12.6 Å². The molecule has 2 amide bonds. The lowest BCUT2D eigenvalue weighted by atomic mass is 10.1. The van der Waals surface area contributed by atoms with Gasteiger partial charge in [0.05, 0.1) is 11.1 Å². The molecule has 1 heterocycles. The Kier molecular flexibility index (Phi) is 3.75. The third-order valence-corrected chi connectivity index (χ3v) is 2.89. The van der Waals surface area contributed by atoms with E-state index >= 15 is 0 Å². The summed E-state index contributed by atoms with van der Waals surface area (Å²) in [6, 6.07) is 6.73. The van der Waals surface area contributed by atoms with E-state index in [1.807, 2.05) is 0 Å². The van der Waals surface area contributed by atoms with Gasteiger partial charge in [-0.25, -0.2) is 4.79 Å². The van der Waals surface area contributed by atoms with E-state index in [1.165, 1.54) is 11.0 Å². The van der Waals surface area contributed by atoms with Crippen molar-refractivity contribution in [2.75, 3.05) is 6.54 Å². The number of allylic oxidation sites excluding steroid dienone is 1. The molecule has 0 aromatic heterocycles. The van der Waals surface area contributed by atoms with Crippen molar-refractivity contribution >= 4 is 17.8 Å². The van der Waals surface area contributed by atoms with Gasteiger partial charge in [0.2, 0.25) is 0 Å². The maximum absolute atomic E-state index is 12.0. The first-order chi connectivity index (χ1) is 9.11. The fraction of sp³-hybridized carbons (Fsp3) is 0.214. The fourth-order valence-electron chi connectivity index (χ4n) is 1.99. The summed E-state index contributed by atoms with van der Waals surface area (Å²) < 4.78 is 0.